The van der Waals surface area contributed by atoms with Crippen molar-refractivity contribution in [2.75, 3.05) is 0 Å². The Labute approximate surface area is 145 Å². The summed E-state index contributed by atoms with van der Waals surface area (Å²) in [5.74, 6) is 0. The lowest BCUT2D eigenvalue weighted by atomic mass is 10.0. The maximum absolute atomic E-state index is 11.9. The molecule has 1 heterocycles. The van der Waals surface area contributed by atoms with E-state index in [0.29, 0.717) is 6.42 Å². The topological polar surface area (TPSA) is 68.3 Å². The standard InChI is InChI=1S/C20H18N2O3/c23-13-17(22-20(24)25-14-15-6-2-1-3-7-15)12-16-8-4-10-19-18(16)9-5-11-21-19/h1-11,13,17H,12,14H2,(H,22,24). The Morgan fingerprint density at radius 3 is 2.72 bits per heavy atom. The number of carbonyl (C=O) groups is 2. The Balaban J connectivity index is 1.62. The third-order valence-corrected chi connectivity index (χ3v) is 3.86. The molecule has 1 aromatic heterocycles. The van der Waals surface area contributed by atoms with Crippen LogP contribution in [0.2, 0.25) is 0 Å². The predicted molar refractivity (Wildman–Crippen MR) is 95.1 cm³/mol. The number of pyridine rings is 1. The lowest BCUT2D eigenvalue weighted by molar-refractivity contribution is -0.109. The minimum atomic E-state index is -0.658. The summed E-state index contributed by atoms with van der Waals surface area (Å²) in [4.78, 5) is 27.6. The summed E-state index contributed by atoms with van der Waals surface area (Å²) in [6.45, 7) is 0.163. The van der Waals surface area contributed by atoms with Crippen molar-refractivity contribution in [3.63, 3.8) is 0 Å². The molecule has 1 amide bonds. The van der Waals surface area contributed by atoms with Gasteiger partial charge in [0.25, 0.3) is 0 Å². The highest BCUT2D eigenvalue weighted by Gasteiger charge is 2.14. The molecule has 2 aromatic carbocycles. The maximum Gasteiger partial charge on any atom is 0.408 e. The number of hydrogen-bond donors (Lipinski definition) is 1. The van der Waals surface area contributed by atoms with Crippen molar-refractivity contribution in [1.29, 1.82) is 0 Å². The van der Waals surface area contributed by atoms with Gasteiger partial charge in [-0.25, -0.2) is 4.79 Å². The number of nitrogens with one attached hydrogen (secondary N) is 1. The second-order valence-electron chi connectivity index (χ2n) is 5.64. The fourth-order valence-corrected chi connectivity index (χ4v) is 2.63. The van der Waals surface area contributed by atoms with E-state index in [2.05, 4.69) is 10.3 Å². The SMILES string of the molecule is O=CC(Cc1cccc2ncccc12)NC(=O)OCc1ccccc1. The van der Waals surface area contributed by atoms with Gasteiger partial charge in [-0.3, -0.25) is 4.98 Å². The van der Waals surface area contributed by atoms with E-state index >= 15 is 0 Å². The van der Waals surface area contributed by atoms with Crippen molar-refractivity contribution >= 4 is 23.3 Å². The van der Waals surface area contributed by atoms with Crippen LogP contribution in [0, 0.1) is 0 Å². The van der Waals surface area contributed by atoms with E-state index in [1.54, 1.807) is 6.20 Å². The van der Waals surface area contributed by atoms with Crippen LogP contribution in [-0.2, 0) is 22.6 Å². The van der Waals surface area contributed by atoms with Crippen molar-refractivity contribution in [2.45, 2.75) is 19.1 Å². The van der Waals surface area contributed by atoms with Gasteiger partial charge < -0.3 is 14.8 Å². The molecule has 0 bridgehead atoms. The average molecular weight is 334 g/mol. The molecule has 1 atom stereocenters. The minimum absolute atomic E-state index is 0.163. The number of rotatable bonds is 6. The molecule has 0 aliphatic heterocycles. The normalized spacial score (nSPS) is 11.7. The lowest BCUT2D eigenvalue weighted by Gasteiger charge is -2.14. The van der Waals surface area contributed by atoms with Crippen LogP contribution in [0.1, 0.15) is 11.1 Å². The summed E-state index contributed by atoms with van der Waals surface area (Å²) in [6, 6.07) is 18.3. The largest absolute Gasteiger partial charge is 0.445 e. The maximum atomic E-state index is 11.9. The summed E-state index contributed by atoms with van der Waals surface area (Å²) in [5, 5.41) is 3.57. The Morgan fingerprint density at radius 1 is 1.08 bits per heavy atom. The van der Waals surface area contributed by atoms with Gasteiger partial charge >= 0.3 is 6.09 Å². The Bertz CT molecular complexity index is 860. The number of amides is 1. The molecule has 0 spiro atoms. The molecule has 0 aliphatic carbocycles. The summed E-state index contributed by atoms with van der Waals surface area (Å²) >= 11 is 0. The molecule has 126 valence electrons. The molecule has 1 N–H and O–H groups in total. The molecule has 5 nitrogen and oxygen atoms in total. The highest BCUT2D eigenvalue weighted by atomic mass is 16.5. The van der Waals surface area contributed by atoms with Crippen molar-refractivity contribution in [3.05, 3.63) is 78.0 Å². The molecule has 3 rings (SSSR count). The molecule has 0 fully saturated rings. The number of aromatic nitrogens is 1. The van der Waals surface area contributed by atoms with E-state index in [9.17, 15) is 9.59 Å². The zero-order chi connectivity index (χ0) is 17.5. The van der Waals surface area contributed by atoms with Crippen LogP contribution in [0.15, 0.2) is 66.9 Å². The Kier molecular flexibility index (Phi) is 5.36. The number of carbonyl (C=O) groups excluding carboxylic acids is 2. The lowest BCUT2D eigenvalue weighted by Crippen LogP contribution is -2.37. The molecule has 0 saturated heterocycles. The molecule has 0 saturated carbocycles. The van der Waals surface area contributed by atoms with Crippen molar-refractivity contribution < 1.29 is 14.3 Å². The number of nitrogens with zero attached hydrogens (tertiary/aromatic N) is 1. The first-order valence-corrected chi connectivity index (χ1v) is 8.01. The van der Waals surface area contributed by atoms with Crippen molar-refractivity contribution in [3.8, 4) is 0 Å². The first-order chi connectivity index (χ1) is 12.3. The average Bonchev–Trinajstić information content (AvgIpc) is 2.67. The molecule has 0 aliphatic rings. The van der Waals surface area contributed by atoms with Gasteiger partial charge in [-0.05, 0) is 23.3 Å². The number of aldehydes is 1. The zero-order valence-corrected chi connectivity index (χ0v) is 13.6. The number of ether oxygens (including phenoxy) is 1. The quantitative estimate of drug-likeness (QED) is 0.703. The van der Waals surface area contributed by atoms with Gasteiger partial charge in [0.2, 0.25) is 0 Å². The van der Waals surface area contributed by atoms with Crippen LogP contribution < -0.4 is 5.32 Å². The number of benzene rings is 2. The van der Waals surface area contributed by atoms with Crippen LogP contribution in [-0.4, -0.2) is 23.4 Å². The van der Waals surface area contributed by atoms with Gasteiger partial charge in [0, 0.05) is 18.0 Å². The molecule has 0 radical (unpaired) electrons. The molecular formula is C20H18N2O3. The smallest absolute Gasteiger partial charge is 0.408 e. The van der Waals surface area contributed by atoms with E-state index in [4.69, 9.17) is 4.74 Å². The third kappa shape index (κ3) is 4.41. The van der Waals surface area contributed by atoms with Crippen LogP contribution >= 0.6 is 0 Å². The van der Waals surface area contributed by atoms with E-state index in [1.807, 2.05) is 60.7 Å². The van der Waals surface area contributed by atoms with Gasteiger partial charge in [0.15, 0.2) is 0 Å². The van der Waals surface area contributed by atoms with E-state index < -0.39 is 12.1 Å². The fraction of sp³-hybridized carbons (Fsp3) is 0.150. The molecular weight excluding hydrogens is 316 g/mol. The molecule has 25 heavy (non-hydrogen) atoms. The van der Waals surface area contributed by atoms with Gasteiger partial charge in [0.05, 0.1) is 11.6 Å². The third-order valence-electron chi connectivity index (χ3n) is 3.86. The number of fused-ring (bicyclic) bond motifs is 1. The first-order valence-electron chi connectivity index (χ1n) is 8.01. The summed E-state index contributed by atoms with van der Waals surface area (Å²) < 4.78 is 5.16. The van der Waals surface area contributed by atoms with Gasteiger partial charge in [-0.1, -0.05) is 48.5 Å². The van der Waals surface area contributed by atoms with E-state index in [-0.39, 0.29) is 6.61 Å². The fourth-order valence-electron chi connectivity index (χ4n) is 2.63. The minimum Gasteiger partial charge on any atom is -0.445 e. The second kappa shape index (κ2) is 8.06. The summed E-state index contributed by atoms with van der Waals surface area (Å²) in [5.41, 5.74) is 2.70. The molecule has 5 heteroatoms. The number of hydrogen-bond acceptors (Lipinski definition) is 4. The van der Waals surface area contributed by atoms with Crippen LogP contribution in [0.4, 0.5) is 4.79 Å². The highest BCUT2D eigenvalue weighted by Crippen LogP contribution is 2.17. The molecule has 1 unspecified atom stereocenters. The van der Waals surface area contributed by atoms with Crippen LogP contribution in [0.3, 0.4) is 0 Å². The van der Waals surface area contributed by atoms with Gasteiger partial charge in [-0.15, -0.1) is 0 Å². The predicted octanol–water partition coefficient (Wildman–Crippen LogP) is 3.27. The van der Waals surface area contributed by atoms with Gasteiger partial charge in [0.1, 0.15) is 12.9 Å². The van der Waals surface area contributed by atoms with E-state index in [1.165, 1.54) is 0 Å². The van der Waals surface area contributed by atoms with Gasteiger partial charge in [-0.2, -0.15) is 0 Å². The second-order valence-corrected chi connectivity index (χ2v) is 5.64. The Morgan fingerprint density at radius 2 is 1.92 bits per heavy atom. The summed E-state index contributed by atoms with van der Waals surface area (Å²) in [6.07, 6.45) is 2.22. The number of alkyl carbamates (subject to hydrolysis) is 1. The van der Waals surface area contributed by atoms with Crippen molar-refractivity contribution in [2.24, 2.45) is 0 Å². The Hall–Kier alpha value is -3.21. The van der Waals surface area contributed by atoms with E-state index in [0.717, 1.165) is 28.3 Å². The summed E-state index contributed by atoms with van der Waals surface area (Å²) in [7, 11) is 0. The first kappa shape index (κ1) is 16.6. The highest BCUT2D eigenvalue weighted by molar-refractivity contribution is 5.83. The zero-order valence-electron chi connectivity index (χ0n) is 13.6. The monoisotopic (exact) mass is 334 g/mol. The van der Waals surface area contributed by atoms with Crippen LogP contribution in [0.5, 0.6) is 0 Å². The molecule has 3 aromatic rings. The van der Waals surface area contributed by atoms with Crippen molar-refractivity contribution in [1.82, 2.24) is 10.3 Å². The van der Waals surface area contributed by atoms with Crippen LogP contribution in [0.25, 0.3) is 10.9 Å².